The zero-order valence-corrected chi connectivity index (χ0v) is 23.4. The lowest BCUT2D eigenvalue weighted by Crippen LogP contribution is -2.43. The molecule has 37 heavy (non-hydrogen) atoms. The van der Waals surface area contributed by atoms with Crippen LogP contribution in [-0.4, -0.2) is 39.2 Å². The van der Waals surface area contributed by atoms with Crippen molar-refractivity contribution in [2.75, 3.05) is 21.3 Å². The Hall–Kier alpha value is -3.02. The first kappa shape index (κ1) is 30.2. The van der Waals surface area contributed by atoms with Gasteiger partial charge in [-0.25, -0.2) is 0 Å². The van der Waals surface area contributed by atoms with Crippen molar-refractivity contribution in [3.05, 3.63) is 53.6 Å². The zero-order valence-electron chi connectivity index (χ0n) is 23.4. The summed E-state index contributed by atoms with van der Waals surface area (Å²) < 4.78 is 22.1. The number of methoxy groups -OCH3 is 3. The highest BCUT2D eigenvalue weighted by Gasteiger charge is 2.44. The average molecular weight is 513 g/mol. The second kappa shape index (κ2) is 15.3. The van der Waals surface area contributed by atoms with E-state index in [1.165, 1.54) is 0 Å². The molecule has 204 valence electrons. The summed E-state index contributed by atoms with van der Waals surface area (Å²) in [6, 6.07) is 13.5. The summed E-state index contributed by atoms with van der Waals surface area (Å²) >= 11 is 0. The Morgan fingerprint density at radius 3 is 2.30 bits per heavy atom. The maximum atomic E-state index is 13.5. The molecular formula is C31H44O6. The Morgan fingerprint density at radius 1 is 1.00 bits per heavy atom. The Morgan fingerprint density at radius 2 is 1.68 bits per heavy atom. The number of rotatable bonds is 14. The van der Waals surface area contributed by atoms with Gasteiger partial charge in [0.2, 0.25) is 0 Å². The van der Waals surface area contributed by atoms with Crippen LogP contribution in [0.4, 0.5) is 0 Å². The van der Waals surface area contributed by atoms with E-state index in [0.29, 0.717) is 25.7 Å². The van der Waals surface area contributed by atoms with Crippen LogP contribution in [0.5, 0.6) is 17.2 Å². The standard InChI is InChI=1S/C29H38O6.C2H6/c1-21(16-22-8-7-11-25(17-22)32-2)27(31)19-29(35-20-30,24-9-5-6-10-24)15-14-23-12-13-26(33-3)18-28(23)34-4;1-2/h7-8,11-13,17-18,20-21,24H,5-6,9-10,14-16,19H2,1-4H3;1-2H3. The van der Waals surface area contributed by atoms with Crippen molar-refractivity contribution in [1.29, 1.82) is 0 Å². The molecule has 1 saturated carbocycles. The first-order chi connectivity index (χ1) is 17.9. The van der Waals surface area contributed by atoms with E-state index in [9.17, 15) is 9.59 Å². The molecule has 0 heterocycles. The van der Waals surface area contributed by atoms with E-state index < -0.39 is 5.60 Å². The molecule has 2 unspecified atom stereocenters. The Bertz CT molecular complexity index is 981. The van der Waals surface area contributed by atoms with Gasteiger partial charge in [-0.1, -0.05) is 51.8 Å². The number of carbonyl (C=O) groups is 2. The number of carbonyl (C=O) groups excluding carboxylic acids is 2. The third kappa shape index (κ3) is 8.24. The molecule has 1 aliphatic rings. The minimum Gasteiger partial charge on any atom is -0.497 e. The van der Waals surface area contributed by atoms with E-state index in [1.54, 1.807) is 21.3 Å². The fourth-order valence-corrected chi connectivity index (χ4v) is 5.32. The van der Waals surface area contributed by atoms with Gasteiger partial charge in [-0.3, -0.25) is 9.59 Å². The van der Waals surface area contributed by atoms with E-state index in [4.69, 9.17) is 18.9 Å². The maximum Gasteiger partial charge on any atom is 0.293 e. The third-order valence-corrected chi connectivity index (χ3v) is 7.39. The van der Waals surface area contributed by atoms with Crippen molar-refractivity contribution in [2.45, 2.75) is 77.7 Å². The number of hydrogen-bond acceptors (Lipinski definition) is 6. The lowest BCUT2D eigenvalue weighted by Gasteiger charge is -2.38. The first-order valence-corrected chi connectivity index (χ1v) is 13.4. The minimum atomic E-state index is -0.817. The summed E-state index contributed by atoms with van der Waals surface area (Å²) in [5, 5.41) is 0. The van der Waals surface area contributed by atoms with Gasteiger partial charge in [0, 0.05) is 18.4 Å². The maximum absolute atomic E-state index is 13.5. The first-order valence-electron chi connectivity index (χ1n) is 13.4. The number of aryl methyl sites for hydroxylation is 1. The fourth-order valence-electron chi connectivity index (χ4n) is 5.32. The number of benzene rings is 2. The molecule has 0 N–H and O–H groups in total. The third-order valence-electron chi connectivity index (χ3n) is 7.39. The highest BCUT2D eigenvalue weighted by atomic mass is 16.5. The predicted molar refractivity (Wildman–Crippen MR) is 147 cm³/mol. The Balaban J connectivity index is 0.00000235. The molecule has 0 aliphatic heterocycles. The molecule has 6 heteroatoms. The molecule has 2 atom stereocenters. The van der Waals surface area contributed by atoms with Gasteiger partial charge in [0.15, 0.2) is 0 Å². The van der Waals surface area contributed by atoms with Crippen LogP contribution >= 0.6 is 0 Å². The molecule has 0 radical (unpaired) electrons. The van der Waals surface area contributed by atoms with Crippen molar-refractivity contribution in [3.63, 3.8) is 0 Å². The van der Waals surface area contributed by atoms with Crippen molar-refractivity contribution in [1.82, 2.24) is 0 Å². The lowest BCUT2D eigenvalue weighted by molar-refractivity contribution is -0.156. The second-order valence-electron chi connectivity index (χ2n) is 9.54. The van der Waals surface area contributed by atoms with Crippen molar-refractivity contribution in [2.24, 2.45) is 11.8 Å². The van der Waals surface area contributed by atoms with Gasteiger partial charge < -0.3 is 18.9 Å². The SMILES string of the molecule is CC.COc1cccc(CC(C)C(=O)CC(CCc2ccc(OC)cc2OC)(OC=O)C2CCCC2)c1. The van der Waals surface area contributed by atoms with Crippen LogP contribution < -0.4 is 14.2 Å². The van der Waals surface area contributed by atoms with Crippen molar-refractivity contribution >= 4 is 12.3 Å². The Labute approximate surface area is 222 Å². The summed E-state index contributed by atoms with van der Waals surface area (Å²) in [6.07, 6.45) is 6.15. The average Bonchev–Trinajstić information content (AvgIpc) is 3.49. The molecule has 3 rings (SSSR count). The van der Waals surface area contributed by atoms with Crippen LogP contribution in [0.3, 0.4) is 0 Å². The smallest absolute Gasteiger partial charge is 0.293 e. The molecule has 1 aliphatic carbocycles. The van der Waals surface area contributed by atoms with Crippen molar-refractivity contribution in [3.8, 4) is 17.2 Å². The summed E-state index contributed by atoms with van der Waals surface area (Å²) in [5.41, 5.74) is 1.24. The van der Waals surface area contributed by atoms with Gasteiger partial charge in [-0.15, -0.1) is 0 Å². The number of ketones is 1. The minimum absolute atomic E-state index is 0.114. The molecule has 0 spiro atoms. The number of hydrogen-bond donors (Lipinski definition) is 0. The number of ether oxygens (including phenoxy) is 4. The van der Waals surface area contributed by atoms with E-state index in [0.717, 1.165) is 54.1 Å². The van der Waals surface area contributed by atoms with Crippen LogP contribution in [-0.2, 0) is 27.2 Å². The van der Waals surface area contributed by atoms with E-state index in [1.807, 2.05) is 63.2 Å². The summed E-state index contributed by atoms with van der Waals surface area (Å²) in [5.74, 6) is 2.31. The van der Waals surface area contributed by atoms with Crippen LogP contribution in [0.1, 0.15) is 70.4 Å². The molecule has 6 nitrogen and oxygen atoms in total. The van der Waals surface area contributed by atoms with Crippen LogP contribution in [0.15, 0.2) is 42.5 Å². The van der Waals surface area contributed by atoms with Gasteiger partial charge in [-0.2, -0.15) is 0 Å². The normalized spacial score (nSPS) is 15.5. The Kier molecular flexibility index (Phi) is 12.5. The van der Waals surface area contributed by atoms with E-state index in [-0.39, 0.29) is 24.0 Å². The predicted octanol–water partition coefficient (Wildman–Crippen LogP) is 6.61. The van der Waals surface area contributed by atoms with Crippen molar-refractivity contribution < 1.29 is 28.5 Å². The zero-order chi connectivity index (χ0) is 27.3. The molecule has 2 aromatic rings. The second-order valence-corrected chi connectivity index (χ2v) is 9.54. The lowest BCUT2D eigenvalue weighted by atomic mass is 9.75. The monoisotopic (exact) mass is 512 g/mol. The molecule has 0 saturated heterocycles. The van der Waals surface area contributed by atoms with Crippen LogP contribution in [0.25, 0.3) is 0 Å². The van der Waals surface area contributed by atoms with Gasteiger partial charge in [0.1, 0.15) is 28.6 Å². The van der Waals surface area contributed by atoms with Crippen LogP contribution in [0.2, 0.25) is 0 Å². The molecule has 0 amide bonds. The van der Waals surface area contributed by atoms with E-state index in [2.05, 4.69) is 0 Å². The summed E-state index contributed by atoms with van der Waals surface area (Å²) in [4.78, 5) is 25.2. The topological polar surface area (TPSA) is 71.1 Å². The van der Waals surface area contributed by atoms with E-state index >= 15 is 0 Å². The van der Waals surface area contributed by atoms with Crippen LogP contribution in [0, 0.1) is 11.8 Å². The summed E-state index contributed by atoms with van der Waals surface area (Å²) in [7, 11) is 4.89. The van der Waals surface area contributed by atoms with Gasteiger partial charge in [0.25, 0.3) is 6.47 Å². The molecule has 1 fully saturated rings. The quantitative estimate of drug-likeness (QED) is 0.265. The molecule has 2 aromatic carbocycles. The highest BCUT2D eigenvalue weighted by Crippen LogP contribution is 2.43. The molecule has 0 aromatic heterocycles. The largest absolute Gasteiger partial charge is 0.497 e. The highest BCUT2D eigenvalue weighted by molar-refractivity contribution is 5.82. The summed E-state index contributed by atoms with van der Waals surface area (Å²) in [6.45, 7) is 6.48. The molecule has 0 bridgehead atoms. The molecular weight excluding hydrogens is 468 g/mol. The van der Waals surface area contributed by atoms with Gasteiger partial charge in [0.05, 0.1) is 21.3 Å². The number of Topliss-reactive ketones (excluding diaryl/α,β-unsaturated/α-hetero) is 1. The fraction of sp³-hybridized carbons (Fsp3) is 0.548. The van der Waals surface area contributed by atoms with Gasteiger partial charge in [-0.05, 0) is 67.3 Å². The van der Waals surface area contributed by atoms with Gasteiger partial charge >= 0.3 is 0 Å².